The van der Waals surface area contributed by atoms with Gasteiger partial charge in [0, 0.05) is 18.7 Å². The van der Waals surface area contributed by atoms with Crippen molar-refractivity contribution in [2.75, 3.05) is 16.3 Å². The fourth-order valence-electron chi connectivity index (χ4n) is 7.30. The maximum Gasteiger partial charge on any atom is 0.316 e. The third-order valence-corrected chi connectivity index (χ3v) is 8.95. The average molecular weight is 497 g/mol. The summed E-state index contributed by atoms with van der Waals surface area (Å²) in [7, 11) is 0. The van der Waals surface area contributed by atoms with E-state index in [-0.39, 0.29) is 54.4 Å². The Hall–Kier alpha value is -3.74. The molecular formula is C30H28N2O5. The van der Waals surface area contributed by atoms with Crippen LogP contribution in [0.2, 0.25) is 0 Å². The number of carbonyl (C=O) groups is 4. The number of hydrogen-bond acceptors (Lipinski definition) is 5. The minimum absolute atomic E-state index is 0.0990. The van der Waals surface area contributed by atoms with Crippen LogP contribution >= 0.6 is 0 Å². The Kier molecular flexibility index (Phi) is 4.78. The standard InChI is InChI=1S/C30H28N2O5/c1-15-9-16(2)11-19(10-15)31-14-17(12-25(31)33)30(36)37-20-5-3-18(4-6-20)32-28(34)26-21-7-8-22(24-13-23(21)24)27(26)29(32)35/h3-11,17,21-24,26-27H,12-14H2,1-2H3/t17-,21+,22+,23+,24+,26-,27+/m0/s1. The van der Waals surface area contributed by atoms with Gasteiger partial charge in [-0.2, -0.15) is 0 Å². The molecule has 0 aromatic heterocycles. The van der Waals surface area contributed by atoms with E-state index in [1.165, 1.54) is 4.90 Å². The first-order valence-electron chi connectivity index (χ1n) is 13.1. The molecule has 2 aromatic carbocycles. The third kappa shape index (κ3) is 3.40. The van der Waals surface area contributed by atoms with Crippen LogP contribution in [0.1, 0.15) is 24.0 Å². The van der Waals surface area contributed by atoms with E-state index in [0.29, 0.717) is 23.3 Å². The first-order valence-corrected chi connectivity index (χ1v) is 13.1. The van der Waals surface area contributed by atoms with Gasteiger partial charge in [0.05, 0.1) is 23.4 Å². The van der Waals surface area contributed by atoms with E-state index in [2.05, 4.69) is 12.2 Å². The number of imide groups is 1. The normalized spacial score (nSPS) is 33.1. The van der Waals surface area contributed by atoms with Gasteiger partial charge in [-0.15, -0.1) is 0 Å². The van der Waals surface area contributed by atoms with E-state index < -0.39 is 11.9 Å². The lowest BCUT2D eigenvalue weighted by molar-refractivity contribution is -0.139. The van der Waals surface area contributed by atoms with Gasteiger partial charge < -0.3 is 9.64 Å². The minimum Gasteiger partial charge on any atom is -0.426 e. The molecule has 4 aliphatic carbocycles. The summed E-state index contributed by atoms with van der Waals surface area (Å²) in [4.78, 5) is 55.1. The maximum atomic E-state index is 13.3. The lowest BCUT2D eigenvalue weighted by atomic mass is 9.63. The van der Waals surface area contributed by atoms with Crippen molar-refractivity contribution in [1.82, 2.24) is 0 Å². The quantitative estimate of drug-likeness (QED) is 0.278. The van der Waals surface area contributed by atoms with Crippen molar-refractivity contribution in [3.63, 3.8) is 0 Å². The Balaban J connectivity index is 1.04. The third-order valence-electron chi connectivity index (χ3n) is 8.95. The predicted molar refractivity (Wildman–Crippen MR) is 136 cm³/mol. The zero-order valence-electron chi connectivity index (χ0n) is 20.8. The van der Waals surface area contributed by atoms with Crippen molar-refractivity contribution in [3.05, 3.63) is 65.7 Å². The minimum atomic E-state index is -0.563. The molecule has 6 aliphatic rings. The molecule has 0 unspecified atom stereocenters. The Labute approximate surface area is 215 Å². The van der Waals surface area contributed by atoms with Gasteiger partial charge >= 0.3 is 5.97 Å². The number of carbonyl (C=O) groups excluding carboxylic acids is 4. The van der Waals surface area contributed by atoms with Gasteiger partial charge in [-0.3, -0.25) is 24.1 Å². The Morgan fingerprint density at radius 1 is 0.838 bits per heavy atom. The number of rotatable bonds is 4. The van der Waals surface area contributed by atoms with Gasteiger partial charge in [0.2, 0.25) is 17.7 Å². The Bertz CT molecular complexity index is 1340. The molecule has 0 spiro atoms. The molecule has 0 radical (unpaired) electrons. The molecule has 4 fully saturated rings. The van der Waals surface area contributed by atoms with Crippen molar-refractivity contribution in [1.29, 1.82) is 0 Å². The molecule has 8 rings (SSSR count). The zero-order chi connectivity index (χ0) is 25.6. The smallest absolute Gasteiger partial charge is 0.316 e. The topological polar surface area (TPSA) is 84.0 Å². The number of esters is 1. The predicted octanol–water partition coefficient (Wildman–Crippen LogP) is 3.82. The summed E-state index contributed by atoms with van der Waals surface area (Å²) >= 11 is 0. The highest BCUT2D eigenvalue weighted by Gasteiger charge is 2.67. The monoisotopic (exact) mass is 496 g/mol. The Morgan fingerprint density at radius 2 is 1.43 bits per heavy atom. The molecule has 2 aromatic rings. The first-order chi connectivity index (χ1) is 17.8. The molecule has 7 atom stereocenters. The fourth-order valence-corrected chi connectivity index (χ4v) is 7.30. The van der Waals surface area contributed by atoms with E-state index in [0.717, 1.165) is 23.2 Å². The summed E-state index contributed by atoms with van der Waals surface area (Å²) in [5, 5.41) is 0. The van der Waals surface area contributed by atoms with Gasteiger partial charge in [0.1, 0.15) is 5.75 Å². The second-order valence-electron chi connectivity index (χ2n) is 11.3. The molecule has 3 amide bonds. The molecule has 0 N–H and O–H groups in total. The number of aryl methyl sites for hydroxylation is 2. The van der Waals surface area contributed by atoms with Gasteiger partial charge in [-0.1, -0.05) is 18.2 Å². The number of allylic oxidation sites excluding steroid dienone is 2. The van der Waals surface area contributed by atoms with E-state index >= 15 is 0 Å². The summed E-state index contributed by atoms with van der Waals surface area (Å²) in [6, 6.07) is 12.5. The second-order valence-corrected chi connectivity index (χ2v) is 11.3. The first kappa shape index (κ1) is 22.5. The molecule has 7 nitrogen and oxygen atoms in total. The number of amides is 3. The van der Waals surface area contributed by atoms with Gasteiger partial charge in [-0.25, -0.2) is 0 Å². The van der Waals surface area contributed by atoms with Crippen molar-refractivity contribution < 1.29 is 23.9 Å². The molecule has 2 saturated carbocycles. The van der Waals surface area contributed by atoms with Crippen molar-refractivity contribution in [3.8, 4) is 5.75 Å². The summed E-state index contributed by atoms with van der Waals surface area (Å²) in [6.45, 7) is 4.23. The van der Waals surface area contributed by atoms with Crippen LogP contribution in [-0.2, 0) is 19.2 Å². The van der Waals surface area contributed by atoms with E-state index in [4.69, 9.17) is 4.74 Å². The van der Waals surface area contributed by atoms with Crippen LogP contribution in [-0.4, -0.2) is 30.2 Å². The number of ether oxygens (including phenoxy) is 1. The summed E-state index contributed by atoms with van der Waals surface area (Å²) in [6.07, 6.45) is 5.55. The zero-order valence-corrected chi connectivity index (χ0v) is 20.8. The number of hydrogen-bond donors (Lipinski definition) is 0. The molecular weight excluding hydrogens is 468 g/mol. The average Bonchev–Trinajstić information content (AvgIpc) is 3.54. The van der Waals surface area contributed by atoms with E-state index in [9.17, 15) is 19.2 Å². The van der Waals surface area contributed by atoms with E-state index in [1.54, 1.807) is 29.2 Å². The van der Waals surface area contributed by atoms with E-state index in [1.807, 2.05) is 32.0 Å². The lowest BCUT2D eigenvalue weighted by Crippen LogP contribution is -2.40. The highest BCUT2D eigenvalue weighted by molar-refractivity contribution is 6.22. The SMILES string of the molecule is Cc1cc(C)cc(N2C[C@@H](C(=O)Oc3ccc(N4C(=O)[C@@H]5[C@@H]6C=C[C@H]([C@H]7C[C@H]67)[C@@H]5C4=O)cc3)CC2=O)c1. The second kappa shape index (κ2) is 7.88. The number of benzene rings is 2. The molecule has 7 heteroatoms. The summed E-state index contributed by atoms with van der Waals surface area (Å²) < 4.78 is 5.59. The van der Waals surface area contributed by atoms with Crippen LogP contribution in [0.25, 0.3) is 0 Å². The molecule has 2 aliphatic heterocycles. The highest BCUT2D eigenvalue weighted by atomic mass is 16.5. The van der Waals surface area contributed by atoms with Crippen molar-refractivity contribution in [2.45, 2.75) is 26.7 Å². The van der Waals surface area contributed by atoms with Gasteiger partial charge in [0.15, 0.2) is 0 Å². The van der Waals surface area contributed by atoms with Crippen LogP contribution in [0.5, 0.6) is 5.75 Å². The molecule has 188 valence electrons. The van der Waals surface area contributed by atoms with Crippen LogP contribution in [0.3, 0.4) is 0 Å². The summed E-state index contributed by atoms with van der Waals surface area (Å²) in [5.74, 6) is -0.0411. The fraction of sp³-hybridized carbons (Fsp3) is 0.400. The van der Waals surface area contributed by atoms with Gasteiger partial charge in [-0.05, 0) is 91.5 Å². The molecule has 2 saturated heterocycles. The molecule has 2 bridgehead atoms. The van der Waals surface area contributed by atoms with Crippen LogP contribution in [0.4, 0.5) is 11.4 Å². The van der Waals surface area contributed by atoms with Crippen molar-refractivity contribution in [2.24, 2.45) is 41.4 Å². The lowest BCUT2D eigenvalue weighted by Gasteiger charge is -2.37. The van der Waals surface area contributed by atoms with Gasteiger partial charge in [0.25, 0.3) is 0 Å². The number of nitrogens with zero attached hydrogens (tertiary/aromatic N) is 2. The largest absolute Gasteiger partial charge is 0.426 e. The maximum absolute atomic E-state index is 13.3. The number of anilines is 2. The Morgan fingerprint density at radius 3 is 2.03 bits per heavy atom. The van der Waals surface area contributed by atoms with Crippen LogP contribution < -0.4 is 14.5 Å². The van der Waals surface area contributed by atoms with Crippen LogP contribution in [0, 0.1) is 55.3 Å². The van der Waals surface area contributed by atoms with Crippen LogP contribution in [0.15, 0.2) is 54.6 Å². The molecule has 37 heavy (non-hydrogen) atoms. The molecule has 2 heterocycles. The van der Waals surface area contributed by atoms with Crippen molar-refractivity contribution >= 4 is 35.1 Å². The highest BCUT2D eigenvalue weighted by Crippen LogP contribution is 2.65. The summed E-state index contributed by atoms with van der Waals surface area (Å²) in [5.41, 5.74) is 3.42.